The lowest BCUT2D eigenvalue weighted by atomic mass is 9.96. The Labute approximate surface area is 175 Å². The number of rotatable bonds is 7. The number of oxazole rings is 1. The van der Waals surface area contributed by atoms with Crippen molar-refractivity contribution in [2.75, 3.05) is 0 Å². The Balaban J connectivity index is 1.53. The van der Waals surface area contributed by atoms with Crippen LogP contribution >= 0.6 is 0 Å². The molecule has 1 aliphatic carbocycles. The number of carbonyl (C=O) groups is 2. The van der Waals surface area contributed by atoms with Crippen LogP contribution in [0, 0.1) is 0 Å². The van der Waals surface area contributed by atoms with Gasteiger partial charge in [-0.05, 0) is 12.8 Å². The van der Waals surface area contributed by atoms with Crippen molar-refractivity contribution in [2.45, 2.75) is 44.1 Å². The molecule has 0 radical (unpaired) electrons. The highest BCUT2D eigenvalue weighted by atomic mass is 16.4. The van der Waals surface area contributed by atoms with Gasteiger partial charge in [0, 0.05) is 24.0 Å². The summed E-state index contributed by atoms with van der Waals surface area (Å²) in [5, 5.41) is 2.86. The van der Waals surface area contributed by atoms with E-state index in [1.54, 1.807) is 0 Å². The van der Waals surface area contributed by atoms with Gasteiger partial charge >= 0.3 is 0 Å². The monoisotopic (exact) mass is 403 g/mol. The molecule has 2 aromatic carbocycles. The molecule has 0 spiro atoms. The number of benzene rings is 2. The third kappa shape index (κ3) is 4.13. The summed E-state index contributed by atoms with van der Waals surface area (Å²) in [7, 11) is 0. The second-order valence-electron chi connectivity index (χ2n) is 7.72. The molecule has 6 heteroatoms. The zero-order chi connectivity index (χ0) is 21.0. The first kappa shape index (κ1) is 19.9. The fourth-order valence-corrected chi connectivity index (χ4v) is 4.01. The van der Waals surface area contributed by atoms with Crippen LogP contribution in [0.5, 0.6) is 0 Å². The van der Waals surface area contributed by atoms with Gasteiger partial charge in [0.05, 0.1) is 0 Å². The molecule has 30 heavy (non-hydrogen) atoms. The van der Waals surface area contributed by atoms with E-state index in [0.29, 0.717) is 30.9 Å². The molecule has 0 unspecified atom stereocenters. The highest BCUT2D eigenvalue weighted by molar-refractivity contribution is 5.90. The van der Waals surface area contributed by atoms with Crippen molar-refractivity contribution in [3.05, 3.63) is 66.6 Å². The molecular formula is C24H25N3O3. The largest absolute Gasteiger partial charge is 0.440 e. The Kier molecular flexibility index (Phi) is 5.65. The van der Waals surface area contributed by atoms with Crippen LogP contribution in [0.1, 0.15) is 38.0 Å². The van der Waals surface area contributed by atoms with Crippen molar-refractivity contribution in [2.24, 2.45) is 5.73 Å². The first-order chi connectivity index (χ1) is 14.6. The van der Waals surface area contributed by atoms with Crippen molar-refractivity contribution in [1.82, 2.24) is 10.3 Å². The molecule has 1 saturated carbocycles. The Hall–Kier alpha value is -3.41. The Morgan fingerprint density at radius 2 is 1.57 bits per heavy atom. The predicted octanol–water partition coefficient (Wildman–Crippen LogP) is 3.86. The normalized spacial score (nSPS) is 15.1. The Morgan fingerprint density at radius 1 is 0.967 bits per heavy atom. The summed E-state index contributed by atoms with van der Waals surface area (Å²) in [5.41, 5.74) is 7.28. The molecule has 1 fully saturated rings. The second-order valence-corrected chi connectivity index (χ2v) is 7.72. The van der Waals surface area contributed by atoms with E-state index >= 15 is 0 Å². The number of carbonyl (C=O) groups excluding carboxylic acids is 2. The van der Waals surface area contributed by atoms with Crippen LogP contribution in [-0.2, 0) is 16.0 Å². The van der Waals surface area contributed by atoms with Crippen LogP contribution in [-0.4, -0.2) is 22.3 Å². The lowest BCUT2D eigenvalue weighted by Gasteiger charge is -2.26. The minimum atomic E-state index is -0.905. The number of nitrogens with zero attached hydrogens (tertiary/aromatic N) is 1. The number of aromatic nitrogens is 1. The standard InChI is InChI=1S/C24H25N3O3/c25-23(29)24(15-7-8-16-24)27-19(28)13-14-20-26-21(17-9-3-1-4-10-17)22(30-20)18-11-5-2-6-12-18/h1-6,9-12H,7-8,13-16H2,(H2,25,29)(H,27,28). The number of amides is 2. The summed E-state index contributed by atoms with van der Waals surface area (Å²) in [6.07, 6.45) is 3.51. The van der Waals surface area contributed by atoms with Crippen molar-refractivity contribution >= 4 is 11.8 Å². The summed E-state index contributed by atoms with van der Waals surface area (Å²) < 4.78 is 6.07. The lowest BCUT2D eigenvalue weighted by molar-refractivity contribution is -0.131. The molecule has 2 amide bonds. The van der Waals surface area contributed by atoms with Gasteiger partial charge < -0.3 is 15.5 Å². The van der Waals surface area contributed by atoms with Crippen molar-refractivity contribution < 1.29 is 14.0 Å². The molecule has 1 aromatic heterocycles. The molecule has 6 nitrogen and oxygen atoms in total. The number of primary amides is 1. The fourth-order valence-electron chi connectivity index (χ4n) is 4.01. The first-order valence-corrected chi connectivity index (χ1v) is 10.3. The second kappa shape index (κ2) is 8.53. The van der Waals surface area contributed by atoms with Gasteiger partial charge in [0.1, 0.15) is 11.2 Å². The molecule has 154 valence electrons. The van der Waals surface area contributed by atoms with Crippen LogP contribution in [0.3, 0.4) is 0 Å². The van der Waals surface area contributed by atoms with Gasteiger partial charge in [-0.25, -0.2) is 4.98 Å². The van der Waals surface area contributed by atoms with E-state index in [2.05, 4.69) is 10.3 Å². The molecule has 1 aliphatic rings. The highest BCUT2D eigenvalue weighted by Crippen LogP contribution is 2.33. The number of nitrogens with one attached hydrogen (secondary N) is 1. The van der Waals surface area contributed by atoms with Crippen LogP contribution < -0.4 is 11.1 Å². The van der Waals surface area contributed by atoms with Crippen molar-refractivity contribution in [3.8, 4) is 22.6 Å². The maximum atomic E-state index is 12.5. The minimum Gasteiger partial charge on any atom is -0.440 e. The highest BCUT2D eigenvalue weighted by Gasteiger charge is 2.40. The SMILES string of the molecule is NC(=O)C1(NC(=O)CCc2nc(-c3ccccc3)c(-c3ccccc3)o2)CCCC1. The van der Waals surface area contributed by atoms with E-state index in [1.165, 1.54) is 0 Å². The third-order valence-corrected chi connectivity index (χ3v) is 5.63. The summed E-state index contributed by atoms with van der Waals surface area (Å²) in [6.45, 7) is 0. The fraction of sp³-hybridized carbons (Fsp3) is 0.292. The van der Waals surface area contributed by atoms with Crippen LogP contribution in [0.15, 0.2) is 65.1 Å². The van der Waals surface area contributed by atoms with Crippen molar-refractivity contribution in [1.29, 1.82) is 0 Å². The van der Waals surface area contributed by atoms with Gasteiger partial charge in [0.2, 0.25) is 11.8 Å². The topological polar surface area (TPSA) is 98.2 Å². The van der Waals surface area contributed by atoms with Gasteiger partial charge in [0.15, 0.2) is 11.7 Å². The molecule has 0 atom stereocenters. The molecule has 0 aliphatic heterocycles. The van der Waals surface area contributed by atoms with Gasteiger partial charge in [-0.2, -0.15) is 0 Å². The Bertz CT molecular complexity index is 965. The maximum Gasteiger partial charge on any atom is 0.243 e. The number of aryl methyl sites for hydroxylation is 1. The molecule has 3 N–H and O–H groups in total. The number of nitrogens with two attached hydrogens (primary N) is 1. The summed E-state index contributed by atoms with van der Waals surface area (Å²) >= 11 is 0. The van der Waals surface area contributed by atoms with E-state index in [4.69, 9.17) is 10.2 Å². The lowest BCUT2D eigenvalue weighted by Crippen LogP contribution is -2.55. The van der Waals surface area contributed by atoms with Crippen LogP contribution in [0.2, 0.25) is 0 Å². The van der Waals surface area contributed by atoms with Gasteiger partial charge in [0.25, 0.3) is 0 Å². The van der Waals surface area contributed by atoms with E-state index in [1.807, 2.05) is 60.7 Å². The molecule has 0 bridgehead atoms. The third-order valence-electron chi connectivity index (χ3n) is 5.63. The molecule has 0 saturated heterocycles. The van der Waals surface area contributed by atoms with E-state index in [0.717, 1.165) is 29.7 Å². The van der Waals surface area contributed by atoms with Gasteiger partial charge in [-0.3, -0.25) is 9.59 Å². The quantitative estimate of drug-likeness (QED) is 0.626. The first-order valence-electron chi connectivity index (χ1n) is 10.3. The zero-order valence-corrected chi connectivity index (χ0v) is 16.8. The molecular weight excluding hydrogens is 378 g/mol. The van der Waals surface area contributed by atoms with Crippen molar-refractivity contribution in [3.63, 3.8) is 0 Å². The van der Waals surface area contributed by atoms with E-state index in [9.17, 15) is 9.59 Å². The van der Waals surface area contributed by atoms with Crippen LogP contribution in [0.25, 0.3) is 22.6 Å². The number of hydrogen-bond donors (Lipinski definition) is 2. The minimum absolute atomic E-state index is 0.179. The molecule has 3 aromatic rings. The summed E-state index contributed by atoms with van der Waals surface area (Å²) in [4.78, 5) is 29.1. The zero-order valence-electron chi connectivity index (χ0n) is 16.8. The average Bonchev–Trinajstić information content (AvgIpc) is 3.42. The summed E-state index contributed by atoms with van der Waals surface area (Å²) in [5.74, 6) is 0.502. The number of hydrogen-bond acceptors (Lipinski definition) is 4. The van der Waals surface area contributed by atoms with Gasteiger partial charge in [-0.1, -0.05) is 73.5 Å². The predicted molar refractivity (Wildman–Crippen MR) is 114 cm³/mol. The average molecular weight is 403 g/mol. The smallest absolute Gasteiger partial charge is 0.243 e. The Morgan fingerprint density at radius 3 is 2.17 bits per heavy atom. The van der Waals surface area contributed by atoms with Crippen LogP contribution in [0.4, 0.5) is 0 Å². The summed E-state index contributed by atoms with van der Waals surface area (Å²) in [6, 6.07) is 19.6. The van der Waals surface area contributed by atoms with E-state index < -0.39 is 11.4 Å². The van der Waals surface area contributed by atoms with E-state index in [-0.39, 0.29) is 12.3 Å². The van der Waals surface area contributed by atoms with Gasteiger partial charge in [-0.15, -0.1) is 0 Å². The maximum absolute atomic E-state index is 12.5. The molecule has 1 heterocycles. The molecule has 4 rings (SSSR count).